The third kappa shape index (κ3) is 4.76. The van der Waals surface area contributed by atoms with E-state index in [-0.39, 0.29) is 23.9 Å². The molecule has 1 atom stereocenters. The van der Waals surface area contributed by atoms with E-state index in [0.717, 1.165) is 25.1 Å². The third-order valence-electron chi connectivity index (χ3n) is 4.01. The Bertz CT molecular complexity index is 500. The molecule has 0 amide bonds. The Morgan fingerprint density at radius 2 is 2.09 bits per heavy atom. The van der Waals surface area contributed by atoms with Gasteiger partial charge in [0, 0.05) is 25.7 Å². The van der Waals surface area contributed by atoms with Crippen LogP contribution in [0.15, 0.2) is 18.2 Å². The molecule has 1 aromatic rings. The fourth-order valence-electron chi connectivity index (χ4n) is 2.71. The van der Waals surface area contributed by atoms with Gasteiger partial charge >= 0.3 is 6.61 Å². The van der Waals surface area contributed by atoms with Crippen molar-refractivity contribution >= 4 is 12.4 Å². The van der Waals surface area contributed by atoms with Crippen LogP contribution < -0.4 is 10.5 Å². The number of alkyl halides is 2. The summed E-state index contributed by atoms with van der Waals surface area (Å²) in [6.07, 6.45) is 0.891. The maximum Gasteiger partial charge on any atom is 0.387 e. The van der Waals surface area contributed by atoms with Crippen LogP contribution >= 0.6 is 12.4 Å². The van der Waals surface area contributed by atoms with Crippen LogP contribution in [0.25, 0.3) is 0 Å². The molecule has 0 radical (unpaired) electrons. The minimum atomic E-state index is -3.02. The fourth-order valence-corrected chi connectivity index (χ4v) is 2.71. The lowest BCUT2D eigenvalue weighted by Crippen LogP contribution is -2.52. The van der Waals surface area contributed by atoms with Gasteiger partial charge in [-0.2, -0.15) is 8.78 Å². The molecule has 0 spiro atoms. The maximum absolute atomic E-state index is 13.7. The van der Waals surface area contributed by atoms with Crippen LogP contribution in [0.1, 0.15) is 25.8 Å². The van der Waals surface area contributed by atoms with Crippen molar-refractivity contribution in [3.63, 3.8) is 0 Å². The summed E-state index contributed by atoms with van der Waals surface area (Å²) in [5.74, 6) is -1.18. The Balaban J connectivity index is 0.00000242. The van der Waals surface area contributed by atoms with Crippen LogP contribution in [0.5, 0.6) is 5.75 Å². The van der Waals surface area contributed by atoms with Gasteiger partial charge in [-0.1, -0.05) is 19.9 Å². The number of benzene rings is 1. The molecule has 22 heavy (non-hydrogen) atoms. The molecule has 1 saturated heterocycles. The Labute approximate surface area is 135 Å². The zero-order valence-electron chi connectivity index (χ0n) is 12.7. The van der Waals surface area contributed by atoms with E-state index in [1.54, 1.807) is 6.07 Å². The minimum absolute atomic E-state index is 0. The molecule has 1 aromatic carbocycles. The van der Waals surface area contributed by atoms with Crippen molar-refractivity contribution in [3.8, 4) is 5.75 Å². The molecule has 0 aliphatic carbocycles. The lowest BCUT2D eigenvalue weighted by molar-refractivity contribution is -0.0522. The van der Waals surface area contributed by atoms with Crippen molar-refractivity contribution < 1.29 is 17.9 Å². The second-order valence-corrected chi connectivity index (χ2v) is 6.24. The van der Waals surface area contributed by atoms with Gasteiger partial charge in [0.05, 0.1) is 0 Å². The third-order valence-corrected chi connectivity index (χ3v) is 4.01. The number of nitrogens with two attached hydrogens (primary N) is 1. The van der Waals surface area contributed by atoms with Crippen LogP contribution in [0.3, 0.4) is 0 Å². The van der Waals surface area contributed by atoms with Gasteiger partial charge in [-0.3, -0.25) is 4.90 Å². The summed E-state index contributed by atoms with van der Waals surface area (Å²) in [5, 5.41) is 0. The Morgan fingerprint density at radius 1 is 1.41 bits per heavy atom. The summed E-state index contributed by atoms with van der Waals surface area (Å²) in [6, 6.07) is 4.27. The molecule has 2 N–H and O–H groups in total. The quantitative estimate of drug-likeness (QED) is 0.914. The van der Waals surface area contributed by atoms with E-state index >= 15 is 0 Å². The number of piperidine rings is 1. The predicted molar refractivity (Wildman–Crippen MR) is 81.9 cm³/mol. The number of nitrogens with zero attached hydrogens (tertiary/aromatic N) is 1. The summed E-state index contributed by atoms with van der Waals surface area (Å²) >= 11 is 0. The first kappa shape index (κ1) is 19.1. The molecule has 0 aromatic heterocycles. The number of ether oxygens (including phenoxy) is 1. The fraction of sp³-hybridized carbons (Fsp3) is 0.600. The molecule has 7 heteroatoms. The number of likely N-dealkylation sites (tertiary alicyclic amines) is 1. The predicted octanol–water partition coefficient (Wildman–Crippen LogP) is 3.41. The Hall–Kier alpha value is -0.980. The van der Waals surface area contributed by atoms with Gasteiger partial charge in [-0.25, -0.2) is 4.39 Å². The molecular weight excluding hydrogens is 317 g/mol. The van der Waals surface area contributed by atoms with E-state index in [1.165, 1.54) is 12.1 Å². The van der Waals surface area contributed by atoms with Gasteiger partial charge < -0.3 is 10.5 Å². The second kappa shape index (κ2) is 7.53. The molecule has 1 aliphatic heterocycles. The summed E-state index contributed by atoms with van der Waals surface area (Å²) in [7, 11) is 0. The monoisotopic (exact) mass is 338 g/mol. The summed E-state index contributed by atoms with van der Waals surface area (Å²) in [5.41, 5.74) is 6.83. The van der Waals surface area contributed by atoms with E-state index in [1.807, 2.05) is 0 Å². The summed E-state index contributed by atoms with van der Waals surface area (Å²) < 4.78 is 42.0. The summed E-state index contributed by atoms with van der Waals surface area (Å²) in [6.45, 7) is 3.46. The summed E-state index contributed by atoms with van der Waals surface area (Å²) in [4.78, 5) is 2.20. The molecule has 1 fully saturated rings. The number of hydrogen-bond acceptors (Lipinski definition) is 3. The van der Waals surface area contributed by atoms with Crippen molar-refractivity contribution in [2.45, 2.75) is 39.5 Å². The van der Waals surface area contributed by atoms with Gasteiger partial charge in [0.25, 0.3) is 0 Å². The Kier molecular flexibility index (Phi) is 6.52. The highest BCUT2D eigenvalue weighted by atomic mass is 35.5. The van der Waals surface area contributed by atoms with Crippen LogP contribution in [0, 0.1) is 11.2 Å². The van der Waals surface area contributed by atoms with E-state index in [2.05, 4.69) is 23.5 Å². The standard InChI is InChI=1S/C15H21F3N2O.ClH/c1-15(2)9-20(6-5-13(15)19)8-10-3-4-12(11(16)7-10)21-14(17)18;/h3-4,7,13-14H,5-6,8-9,19H2,1-2H3;1H. The molecule has 3 nitrogen and oxygen atoms in total. The number of rotatable bonds is 4. The van der Waals surface area contributed by atoms with Gasteiger partial charge in [0.15, 0.2) is 11.6 Å². The van der Waals surface area contributed by atoms with Crippen molar-refractivity contribution in [2.75, 3.05) is 13.1 Å². The lowest BCUT2D eigenvalue weighted by Gasteiger charge is -2.42. The molecule has 0 bridgehead atoms. The Morgan fingerprint density at radius 3 is 2.64 bits per heavy atom. The zero-order valence-corrected chi connectivity index (χ0v) is 13.5. The van der Waals surface area contributed by atoms with Crippen molar-refractivity contribution in [1.29, 1.82) is 0 Å². The molecular formula is C15H22ClF3N2O. The first-order valence-corrected chi connectivity index (χ1v) is 6.99. The largest absolute Gasteiger partial charge is 0.432 e. The average molecular weight is 339 g/mol. The second-order valence-electron chi connectivity index (χ2n) is 6.24. The molecule has 1 heterocycles. The topological polar surface area (TPSA) is 38.5 Å². The van der Waals surface area contributed by atoms with Crippen LogP contribution in [0.2, 0.25) is 0 Å². The SMILES string of the molecule is CC1(C)CN(Cc2ccc(OC(F)F)c(F)c2)CCC1N.Cl. The smallest absolute Gasteiger partial charge is 0.387 e. The van der Waals surface area contributed by atoms with Gasteiger partial charge in [0.2, 0.25) is 0 Å². The van der Waals surface area contributed by atoms with Crippen LogP contribution in [-0.2, 0) is 6.54 Å². The molecule has 2 rings (SSSR count). The van der Waals surface area contributed by atoms with Crippen LogP contribution in [-0.4, -0.2) is 30.6 Å². The zero-order chi connectivity index (χ0) is 15.6. The van der Waals surface area contributed by atoms with E-state index < -0.39 is 18.2 Å². The van der Waals surface area contributed by atoms with Crippen molar-refractivity contribution in [2.24, 2.45) is 11.1 Å². The molecule has 126 valence electrons. The van der Waals surface area contributed by atoms with Crippen molar-refractivity contribution in [1.82, 2.24) is 4.90 Å². The van der Waals surface area contributed by atoms with Gasteiger partial charge in [-0.15, -0.1) is 12.4 Å². The highest BCUT2D eigenvalue weighted by Gasteiger charge is 2.33. The highest BCUT2D eigenvalue weighted by molar-refractivity contribution is 5.85. The molecule has 0 saturated carbocycles. The van der Waals surface area contributed by atoms with Gasteiger partial charge in [-0.05, 0) is 29.5 Å². The van der Waals surface area contributed by atoms with E-state index in [9.17, 15) is 13.2 Å². The van der Waals surface area contributed by atoms with Crippen molar-refractivity contribution in [3.05, 3.63) is 29.6 Å². The highest BCUT2D eigenvalue weighted by Crippen LogP contribution is 2.29. The number of hydrogen-bond donors (Lipinski definition) is 1. The lowest BCUT2D eigenvalue weighted by atomic mass is 9.79. The minimum Gasteiger partial charge on any atom is -0.432 e. The first-order chi connectivity index (χ1) is 9.78. The van der Waals surface area contributed by atoms with E-state index in [0.29, 0.717) is 6.54 Å². The van der Waals surface area contributed by atoms with E-state index in [4.69, 9.17) is 5.73 Å². The average Bonchev–Trinajstić information content (AvgIpc) is 2.36. The number of halogens is 4. The van der Waals surface area contributed by atoms with Crippen LogP contribution in [0.4, 0.5) is 13.2 Å². The maximum atomic E-state index is 13.7. The van der Waals surface area contributed by atoms with Gasteiger partial charge in [0.1, 0.15) is 0 Å². The normalized spacial score (nSPS) is 21.5. The molecule has 1 unspecified atom stereocenters. The first-order valence-electron chi connectivity index (χ1n) is 6.99. The molecule has 1 aliphatic rings.